The molecule has 0 saturated heterocycles. The average molecular weight is 327 g/mol. The molecule has 0 atom stereocenters. The molecule has 0 aliphatic heterocycles. The van der Waals surface area contributed by atoms with Crippen molar-refractivity contribution in [1.82, 2.24) is 9.78 Å². The van der Waals surface area contributed by atoms with E-state index in [1.807, 2.05) is 43.3 Å². The maximum absolute atomic E-state index is 11.8. The van der Waals surface area contributed by atoms with E-state index in [4.69, 9.17) is 11.6 Å². The zero-order valence-electron chi connectivity index (χ0n) is 12.7. The minimum Gasteiger partial charge on any atom is -0.478 e. The van der Waals surface area contributed by atoms with E-state index in [2.05, 4.69) is 5.10 Å². The van der Waals surface area contributed by atoms with Gasteiger partial charge < -0.3 is 5.11 Å². The molecule has 0 unspecified atom stereocenters. The predicted molar refractivity (Wildman–Crippen MR) is 90.4 cm³/mol. The first-order valence-corrected chi connectivity index (χ1v) is 7.52. The molecule has 5 heteroatoms. The summed E-state index contributed by atoms with van der Waals surface area (Å²) in [6.07, 6.45) is 0. The van der Waals surface area contributed by atoms with E-state index in [0.717, 1.165) is 11.3 Å². The number of carboxylic acid groups (broad SMARTS) is 1. The van der Waals surface area contributed by atoms with Crippen LogP contribution in [0.4, 0.5) is 0 Å². The van der Waals surface area contributed by atoms with Gasteiger partial charge in [0.05, 0.1) is 17.1 Å². The Labute approximate surface area is 139 Å². The van der Waals surface area contributed by atoms with Crippen LogP contribution in [0.1, 0.15) is 21.6 Å². The number of nitrogens with zero attached hydrogens (tertiary/aromatic N) is 2. The number of hydrogen-bond acceptors (Lipinski definition) is 2. The Morgan fingerprint density at radius 2 is 1.74 bits per heavy atom. The van der Waals surface area contributed by atoms with Crippen molar-refractivity contribution in [1.29, 1.82) is 0 Å². The number of carbonyl (C=O) groups is 1. The van der Waals surface area contributed by atoms with Gasteiger partial charge in [0.25, 0.3) is 0 Å². The van der Waals surface area contributed by atoms with Crippen LogP contribution in [0.2, 0.25) is 5.02 Å². The molecule has 1 N–H and O–H groups in total. The summed E-state index contributed by atoms with van der Waals surface area (Å²) in [4.78, 5) is 11.8. The molecule has 0 saturated carbocycles. The Kier molecular flexibility index (Phi) is 3.92. The smallest absolute Gasteiger partial charge is 0.339 e. The Morgan fingerprint density at radius 1 is 1.09 bits per heavy atom. The Balaban J connectivity index is 2.39. The van der Waals surface area contributed by atoms with Gasteiger partial charge in [0.2, 0.25) is 0 Å². The predicted octanol–water partition coefficient (Wildman–Crippen LogP) is 4.51. The molecule has 23 heavy (non-hydrogen) atoms. The number of aryl methyl sites for hydroxylation is 2. The number of hydrogen-bond donors (Lipinski definition) is 1. The third kappa shape index (κ3) is 2.62. The fraction of sp³-hybridized carbons (Fsp3) is 0.111. The summed E-state index contributed by atoms with van der Waals surface area (Å²) in [5, 5.41) is 14.6. The molecule has 0 radical (unpaired) electrons. The second-order valence-corrected chi connectivity index (χ2v) is 5.70. The van der Waals surface area contributed by atoms with Crippen LogP contribution in [0.25, 0.3) is 16.9 Å². The summed E-state index contributed by atoms with van der Waals surface area (Å²) in [6, 6.07) is 14.9. The molecule has 4 nitrogen and oxygen atoms in total. The van der Waals surface area contributed by atoms with Crippen LogP contribution >= 0.6 is 11.6 Å². The van der Waals surface area contributed by atoms with Crippen molar-refractivity contribution in [3.63, 3.8) is 0 Å². The maximum atomic E-state index is 11.8. The molecule has 1 heterocycles. The molecular formula is C18H15ClN2O2. The van der Waals surface area contributed by atoms with Gasteiger partial charge in [-0.3, -0.25) is 0 Å². The monoisotopic (exact) mass is 326 g/mol. The molecule has 0 fully saturated rings. The van der Waals surface area contributed by atoms with Gasteiger partial charge in [0.1, 0.15) is 5.56 Å². The highest BCUT2D eigenvalue weighted by Crippen LogP contribution is 2.34. The number of para-hydroxylation sites is 1. The van der Waals surface area contributed by atoms with Crippen molar-refractivity contribution in [2.45, 2.75) is 13.8 Å². The highest BCUT2D eigenvalue weighted by Gasteiger charge is 2.24. The second-order valence-electron chi connectivity index (χ2n) is 5.29. The summed E-state index contributed by atoms with van der Waals surface area (Å²) < 4.78 is 1.66. The molecule has 3 rings (SSSR count). The van der Waals surface area contributed by atoms with Gasteiger partial charge in [0.15, 0.2) is 0 Å². The fourth-order valence-corrected chi connectivity index (χ4v) is 2.89. The molecule has 3 aromatic rings. The first-order chi connectivity index (χ1) is 11.0. The molecule has 0 bridgehead atoms. The van der Waals surface area contributed by atoms with Gasteiger partial charge in [-0.2, -0.15) is 5.10 Å². The van der Waals surface area contributed by atoms with Crippen LogP contribution in [0.15, 0.2) is 48.5 Å². The zero-order chi connectivity index (χ0) is 16.6. The van der Waals surface area contributed by atoms with Crippen LogP contribution in [0, 0.1) is 13.8 Å². The lowest BCUT2D eigenvalue weighted by Crippen LogP contribution is -2.04. The standard InChI is InChI=1S/C18H15ClN2O2/c1-11-7-3-6-10-15(11)21-17(13-8-4-5-9-14(13)19)16(18(22)23)12(2)20-21/h3-10H,1-2H3,(H,22,23). The van der Waals surface area contributed by atoms with E-state index in [0.29, 0.717) is 22.0 Å². The highest BCUT2D eigenvalue weighted by atomic mass is 35.5. The minimum absolute atomic E-state index is 0.168. The van der Waals surface area contributed by atoms with Crippen molar-refractivity contribution in [3.05, 3.63) is 70.4 Å². The first-order valence-electron chi connectivity index (χ1n) is 7.14. The molecule has 0 spiro atoms. The topological polar surface area (TPSA) is 55.1 Å². The lowest BCUT2D eigenvalue weighted by molar-refractivity contribution is 0.0697. The molecule has 0 aliphatic rings. The van der Waals surface area contributed by atoms with Crippen molar-refractivity contribution in [2.24, 2.45) is 0 Å². The average Bonchev–Trinajstić information content (AvgIpc) is 2.85. The van der Waals surface area contributed by atoms with Crippen molar-refractivity contribution < 1.29 is 9.90 Å². The van der Waals surface area contributed by atoms with Crippen LogP contribution in [0.5, 0.6) is 0 Å². The van der Waals surface area contributed by atoms with E-state index >= 15 is 0 Å². The first kappa shape index (κ1) is 15.3. The largest absolute Gasteiger partial charge is 0.478 e. The summed E-state index contributed by atoms with van der Waals surface area (Å²) in [5.41, 5.74) is 3.60. The molecule has 0 aliphatic carbocycles. The zero-order valence-corrected chi connectivity index (χ0v) is 13.5. The summed E-state index contributed by atoms with van der Waals surface area (Å²) >= 11 is 6.31. The van der Waals surface area contributed by atoms with Gasteiger partial charge in [-0.15, -0.1) is 0 Å². The lowest BCUT2D eigenvalue weighted by Gasteiger charge is -2.12. The normalized spacial score (nSPS) is 10.7. The van der Waals surface area contributed by atoms with E-state index < -0.39 is 5.97 Å². The van der Waals surface area contributed by atoms with E-state index in [1.165, 1.54) is 0 Å². The lowest BCUT2D eigenvalue weighted by atomic mass is 10.1. The number of carboxylic acids is 1. The summed E-state index contributed by atoms with van der Waals surface area (Å²) in [7, 11) is 0. The van der Waals surface area contributed by atoms with Crippen molar-refractivity contribution in [2.75, 3.05) is 0 Å². The number of aromatic carboxylic acids is 1. The minimum atomic E-state index is -1.02. The van der Waals surface area contributed by atoms with Gasteiger partial charge in [0, 0.05) is 10.6 Å². The van der Waals surface area contributed by atoms with Crippen LogP contribution in [0.3, 0.4) is 0 Å². The third-order valence-corrected chi connectivity index (χ3v) is 4.08. The Morgan fingerprint density at radius 3 is 2.39 bits per heavy atom. The van der Waals surface area contributed by atoms with E-state index in [-0.39, 0.29) is 5.56 Å². The molecular weight excluding hydrogens is 312 g/mol. The molecule has 2 aromatic carbocycles. The second kappa shape index (κ2) is 5.89. The maximum Gasteiger partial charge on any atom is 0.339 e. The number of halogens is 1. The van der Waals surface area contributed by atoms with Gasteiger partial charge >= 0.3 is 5.97 Å². The highest BCUT2D eigenvalue weighted by molar-refractivity contribution is 6.33. The third-order valence-electron chi connectivity index (χ3n) is 3.75. The molecule has 116 valence electrons. The number of benzene rings is 2. The van der Waals surface area contributed by atoms with Crippen LogP contribution < -0.4 is 0 Å². The van der Waals surface area contributed by atoms with Crippen LogP contribution in [-0.4, -0.2) is 20.9 Å². The summed E-state index contributed by atoms with van der Waals surface area (Å²) in [6.45, 7) is 3.65. The molecule has 0 amide bonds. The van der Waals surface area contributed by atoms with Crippen LogP contribution in [-0.2, 0) is 0 Å². The van der Waals surface area contributed by atoms with Gasteiger partial charge in [-0.25, -0.2) is 9.48 Å². The van der Waals surface area contributed by atoms with Gasteiger partial charge in [-0.1, -0.05) is 48.0 Å². The van der Waals surface area contributed by atoms with E-state index in [9.17, 15) is 9.90 Å². The number of aromatic nitrogens is 2. The summed E-state index contributed by atoms with van der Waals surface area (Å²) in [5.74, 6) is -1.02. The Bertz CT molecular complexity index is 900. The fourth-order valence-electron chi connectivity index (χ4n) is 2.66. The Hall–Kier alpha value is -2.59. The van der Waals surface area contributed by atoms with Crippen molar-refractivity contribution >= 4 is 17.6 Å². The van der Waals surface area contributed by atoms with Gasteiger partial charge in [-0.05, 0) is 31.5 Å². The SMILES string of the molecule is Cc1ccccc1-n1nc(C)c(C(=O)O)c1-c1ccccc1Cl. The number of rotatable bonds is 3. The molecule has 1 aromatic heterocycles. The van der Waals surface area contributed by atoms with Crippen molar-refractivity contribution in [3.8, 4) is 16.9 Å². The van der Waals surface area contributed by atoms with E-state index in [1.54, 1.807) is 23.7 Å². The quantitative estimate of drug-likeness (QED) is 0.770.